The zero-order valence-electron chi connectivity index (χ0n) is 8.66. The molecular formula is C11H12O3S2. The molecule has 2 aromatic rings. The lowest BCUT2D eigenvalue weighted by molar-refractivity contribution is 0.490. The average Bonchev–Trinajstić information content (AvgIpc) is 2.15. The zero-order chi connectivity index (χ0) is 12.2. The van der Waals surface area contributed by atoms with Crippen molar-refractivity contribution in [1.82, 2.24) is 0 Å². The van der Waals surface area contributed by atoms with Crippen molar-refractivity contribution in [2.75, 3.05) is 6.26 Å². The number of hydrogen-bond acceptors (Lipinski definition) is 3. The standard InChI is InChI=1S/C10H8S.CH4O3S/c11-10-6-5-8-3-1-2-4-9(8)7-10;1-5(2,3)4/h1-7,11H;1H3,(H,2,3,4). The Hall–Kier alpha value is -1.04. The average molecular weight is 256 g/mol. The Morgan fingerprint density at radius 2 is 1.56 bits per heavy atom. The minimum absolute atomic E-state index is 0.715. The van der Waals surface area contributed by atoms with Crippen LogP contribution in [-0.4, -0.2) is 19.2 Å². The van der Waals surface area contributed by atoms with Crippen LogP contribution in [0.25, 0.3) is 10.8 Å². The van der Waals surface area contributed by atoms with Gasteiger partial charge in [0.2, 0.25) is 0 Å². The molecule has 3 nitrogen and oxygen atoms in total. The fraction of sp³-hybridized carbons (Fsp3) is 0.0909. The first kappa shape index (κ1) is 13.0. The van der Waals surface area contributed by atoms with Crippen LogP contribution in [0.2, 0.25) is 0 Å². The van der Waals surface area contributed by atoms with Crippen LogP contribution in [0.15, 0.2) is 47.4 Å². The highest BCUT2D eigenvalue weighted by Crippen LogP contribution is 2.17. The van der Waals surface area contributed by atoms with Crippen LogP contribution in [0.5, 0.6) is 0 Å². The highest BCUT2D eigenvalue weighted by atomic mass is 32.2. The first-order valence-electron chi connectivity index (χ1n) is 4.46. The minimum atomic E-state index is -3.67. The van der Waals surface area contributed by atoms with Gasteiger partial charge in [-0.3, -0.25) is 4.55 Å². The van der Waals surface area contributed by atoms with Gasteiger partial charge in [0, 0.05) is 4.90 Å². The molecule has 0 aliphatic rings. The van der Waals surface area contributed by atoms with Crippen molar-refractivity contribution in [3.05, 3.63) is 42.5 Å². The molecule has 2 rings (SSSR count). The SMILES string of the molecule is CS(=O)(=O)O.Sc1ccc2ccccc2c1. The summed E-state index contributed by atoms with van der Waals surface area (Å²) in [5, 5.41) is 2.52. The lowest BCUT2D eigenvalue weighted by Crippen LogP contribution is -1.88. The summed E-state index contributed by atoms with van der Waals surface area (Å²) in [7, 11) is -3.67. The van der Waals surface area contributed by atoms with Crippen molar-refractivity contribution in [2.24, 2.45) is 0 Å². The predicted octanol–water partition coefficient (Wildman–Crippen LogP) is 2.63. The second-order valence-electron chi connectivity index (χ2n) is 3.26. The van der Waals surface area contributed by atoms with Crippen molar-refractivity contribution in [2.45, 2.75) is 4.90 Å². The maximum absolute atomic E-state index is 9.19. The molecule has 0 aliphatic carbocycles. The molecule has 0 heterocycles. The van der Waals surface area contributed by atoms with Gasteiger partial charge in [-0.1, -0.05) is 30.3 Å². The summed E-state index contributed by atoms with van der Waals surface area (Å²) in [5.41, 5.74) is 0. The minimum Gasteiger partial charge on any atom is -0.286 e. The third-order valence-corrected chi connectivity index (χ3v) is 2.01. The zero-order valence-corrected chi connectivity index (χ0v) is 10.4. The van der Waals surface area contributed by atoms with E-state index in [1.807, 2.05) is 18.2 Å². The molecule has 0 radical (unpaired) electrons. The number of fused-ring (bicyclic) bond motifs is 1. The molecule has 16 heavy (non-hydrogen) atoms. The van der Waals surface area contributed by atoms with E-state index in [-0.39, 0.29) is 0 Å². The van der Waals surface area contributed by atoms with Gasteiger partial charge in [-0.2, -0.15) is 8.42 Å². The summed E-state index contributed by atoms with van der Waals surface area (Å²) in [6, 6.07) is 14.4. The van der Waals surface area contributed by atoms with E-state index in [4.69, 9.17) is 4.55 Å². The van der Waals surface area contributed by atoms with E-state index in [0.717, 1.165) is 4.90 Å². The number of benzene rings is 2. The van der Waals surface area contributed by atoms with Crippen LogP contribution in [0.1, 0.15) is 0 Å². The third kappa shape index (κ3) is 5.16. The highest BCUT2D eigenvalue weighted by Gasteiger charge is 1.90. The van der Waals surface area contributed by atoms with E-state index in [1.54, 1.807) is 0 Å². The van der Waals surface area contributed by atoms with Gasteiger partial charge in [0.15, 0.2) is 0 Å². The molecule has 1 N–H and O–H groups in total. The van der Waals surface area contributed by atoms with E-state index in [0.29, 0.717) is 6.26 Å². The normalized spacial score (nSPS) is 10.7. The van der Waals surface area contributed by atoms with Crippen LogP contribution < -0.4 is 0 Å². The molecule has 0 fully saturated rings. The maximum atomic E-state index is 9.19. The molecule has 5 heteroatoms. The molecule has 0 spiro atoms. The molecule has 0 amide bonds. The summed E-state index contributed by atoms with van der Waals surface area (Å²) < 4.78 is 25.9. The Bertz CT molecular complexity index is 569. The maximum Gasteiger partial charge on any atom is 0.261 e. The lowest BCUT2D eigenvalue weighted by Gasteiger charge is -1.96. The van der Waals surface area contributed by atoms with Gasteiger partial charge >= 0.3 is 0 Å². The molecule has 0 bridgehead atoms. The van der Waals surface area contributed by atoms with Crippen molar-refractivity contribution in [3.8, 4) is 0 Å². The molecule has 0 aromatic heterocycles. The van der Waals surface area contributed by atoms with E-state index >= 15 is 0 Å². The van der Waals surface area contributed by atoms with Gasteiger partial charge in [-0.25, -0.2) is 0 Å². The summed E-state index contributed by atoms with van der Waals surface area (Å²) in [6.07, 6.45) is 0.715. The van der Waals surface area contributed by atoms with Crippen molar-refractivity contribution >= 4 is 33.5 Å². The Morgan fingerprint density at radius 3 is 2.12 bits per heavy atom. The Labute approximate surface area is 100 Å². The molecule has 86 valence electrons. The monoisotopic (exact) mass is 256 g/mol. The van der Waals surface area contributed by atoms with Crippen LogP contribution in [0.4, 0.5) is 0 Å². The van der Waals surface area contributed by atoms with E-state index in [1.165, 1.54) is 10.8 Å². The van der Waals surface area contributed by atoms with Gasteiger partial charge < -0.3 is 0 Å². The van der Waals surface area contributed by atoms with Crippen LogP contribution in [0, 0.1) is 0 Å². The van der Waals surface area contributed by atoms with E-state index < -0.39 is 10.1 Å². The molecule has 0 unspecified atom stereocenters. The first-order chi connectivity index (χ1) is 7.36. The number of rotatable bonds is 0. The molecule has 2 aromatic carbocycles. The van der Waals surface area contributed by atoms with Crippen molar-refractivity contribution < 1.29 is 13.0 Å². The Kier molecular flexibility index (Phi) is 4.35. The second kappa shape index (κ2) is 5.34. The fourth-order valence-corrected chi connectivity index (χ4v) is 1.39. The summed E-state index contributed by atoms with van der Waals surface area (Å²) in [6.45, 7) is 0. The molecule has 0 atom stereocenters. The summed E-state index contributed by atoms with van der Waals surface area (Å²) >= 11 is 4.26. The number of hydrogen-bond donors (Lipinski definition) is 2. The summed E-state index contributed by atoms with van der Waals surface area (Å²) in [4.78, 5) is 1.02. The lowest BCUT2D eigenvalue weighted by atomic mass is 10.1. The van der Waals surface area contributed by atoms with Gasteiger partial charge in [-0.15, -0.1) is 12.6 Å². The molecule has 0 aliphatic heterocycles. The van der Waals surface area contributed by atoms with E-state index in [9.17, 15) is 8.42 Å². The van der Waals surface area contributed by atoms with Gasteiger partial charge in [0.1, 0.15) is 0 Å². The number of thiol groups is 1. The van der Waals surface area contributed by atoms with Crippen LogP contribution in [-0.2, 0) is 10.1 Å². The van der Waals surface area contributed by atoms with Gasteiger partial charge in [0.25, 0.3) is 10.1 Å². The Morgan fingerprint density at radius 1 is 1.06 bits per heavy atom. The third-order valence-electron chi connectivity index (χ3n) is 1.73. The first-order valence-corrected chi connectivity index (χ1v) is 6.76. The molecule has 0 saturated heterocycles. The fourth-order valence-electron chi connectivity index (χ4n) is 1.18. The van der Waals surface area contributed by atoms with Gasteiger partial charge in [0.05, 0.1) is 6.26 Å². The van der Waals surface area contributed by atoms with Crippen molar-refractivity contribution in [3.63, 3.8) is 0 Å². The second-order valence-corrected chi connectivity index (χ2v) is 5.25. The highest BCUT2D eigenvalue weighted by molar-refractivity contribution is 7.85. The quantitative estimate of drug-likeness (QED) is 0.563. The van der Waals surface area contributed by atoms with Crippen LogP contribution in [0.3, 0.4) is 0 Å². The summed E-state index contributed by atoms with van der Waals surface area (Å²) in [5.74, 6) is 0. The smallest absolute Gasteiger partial charge is 0.261 e. The van der Waals surface area contributed by atoms with E-state index in [2.05, 4.69) is 36.9 Å². The molecule has 0 saturated carbocycles. The topological polar surface area (TPSA) is 54.4 Å². The van der Waals surface area contributed by atoms with Crippen LogP contribution >= 0.6 is 12.6 Å². The largest absolute Gasteiger partial charge is 0.286 e. The van der Waals surface area contributed by atoms with Crippen molar-refractivity contribution in [1.29, 1.82) is 0 Å². The Balaban J connectivity index is 0.000000221. The predicted molar refractivity (Wildman–Crippen MR) is 68.7 cm³/mol. The molecular weight excluding hydrogens is 244 g/mol. The van der Waals surface area contributed by atoms with Gasteiger partial charge in [-0.05, 0) is 22.9 Å².